The molecule has 0 saturated carbocycles. The molecular weight excluding hydrogens is 366 g/mol. The highest BCUT2D eigenvalue weighted by Gasteiger charge is 2.48. The summed E-state index contributed by atoms with van der Waals surface area (Å²) in [6.07, 6.45) is -2.02. The van der Waals surface area contributed by atoms with Gasteiger partial charge in [-0.2, -0.15) is 0 Å². The zero-order valence-electron chi connectivity index (χ0n) is 17.2. The summed E-state index contributed by atoms with van der Waals surface area (Å²) in [6, 6.07) is 9.05. The summed E-state index contributed by atoms with van der Waals surface area (Å²) in [7, 11) is -2.00. The molecule has 3 atom stereocenters. The third kappa shape index (κ3) is 5.51. The predicted octanol–water partition coefficient (Wildman–Crippen LogP) is 4.48. The first kappa shape index (κ1) is 21.8. The Hall–Kier alpha value is -1.48. The molecule has 1 aliphatic heterocycles. The van der Waals surface area contributed by atoms with Crippen molar-refractivity contribution in [3.8, 4) is 0 Å². The molecule has 0 unspecified atom stereocenters. The molecule has 152 valence electrons. The lowest BCUT2D eigenvalue weighted by Gasteiger charge is -2.37. The largest absolute Gasteiger partial charge is 0.414 e. The smallest absolute Gasteiger partial charge is 0.295 e. The van der Waals surface area contributed by atoms with E-state index in [-0.39, 0.29) is 5.04 Å². The van der Waals surface area contributed by atoms with Crippen LogP contribution >= 0.6 is 0 Å². The minimum absolute atomic E-state index is 0.0492. The highest BCUT2D eigenvalue weighted by molar-refractivity contribution is 6.74. The minimum Gasteiger partial charge on any atom is -0.414 e. The van der Waals surface area contributed by atoms with E-state index < -0.39 is 37.5 Å². The van der Waals surface area contributed by atoms with E-state index in [0.29, 0.717) is 12.2 Å². The zero-order chi connectivity index (χ0) is 20.5. The molecule has 0 bridgehead atoms. The van der Waals surface area contributed by atoms with Crippen molar-refractivity contribution in [1.29, 1.82) is 0 Å². The molecule has 0 spiro atoms. The van der Waals surface area contributed by atoms with Crippen molar-refractivity contribution < 1.29 is 23.8 Å². The van der Waals surface area contributed by atoms with Crippen molar-refractivity contribution in [2.24, 2.45) is 0 Å². The third-order valence-corrected chi connectivity index (χ3v) is 9.76. The van der Waals surface area contributed by atoms with Crippen LogP contribution < -0.4 is 0 Å². The topological polar surface area (TPSA) is 80.1 Å². The average molecular weight is 398 g/mol. The number of ether oxygens (including phenoxy) is 2. The molecule has 1 saturated heterocycles. The lowest BCUT2D eigenvalue weighted by Crippen LogP contribution is -2.45. The molecule has 8 heteroatoms. The first-order chi connectivity index (χ1) is 12.3. The quantitative estimate of drug-likeness (QED) is 0.383. The van der Waals surface area contributed by atoms with Gasteiger partial charge in [0, 0.05) is 0 Å². The Labute approximate surface area is 162 Å². The number of benzene rings is 1. The number of rotatable bonds is 7. The molecule has 1 heterocycles. The van der Waals surface area contributed by atoms with Gasteiger partial charge >= 0.3 is 0 Å². The van der Waals surface area contributed by atoms with Crippen LogP contribution in [-0.2, 0) is 18.7 Å². The minimum atomic E-state index is -2.00. The van der Waals surface area contributed by atoms with Gasteiger partial charge in [0.05, 0.1) is 6.61 Å². The van der Waals surface area contributed by atoms with Gasteiger partial charge in [-0.25, -0.2) is 0 Å². The maximum atomic E-state index is 11.1. The number of hydrogen-bond donors (Lipinski definition) is 0. The van der Waals surface area contributed by atoms with Crippen LogP contribution in [0.4, 0.5) is 0 Å². The van der Waals surface area contributed by atoms with E-state index in [1.54, 1.807) is 26.0 Å². The molecular formula is C19H31NO6Si. The van der Waals surface area contributed by atoms with E-state index in [1.165, 1.54) is 0 Å². The van der Waals surface area contributed by atoms with E-state index in [2.05, 4.69) is 33.9 Å². The van der Waals surface area contributed by atoms with E-state index >= 15 is 0 Å². The van der Waals surface area contributed by atoms with Gasteiger partial charge in [-0.05, 0) is 37.5 Å². The summed E-state index contributed by atoms with van der Waals surface area (Å²) in [5, 5.41) is 10.4. The van der Waals surface area contributed by atoms with Crippen molar-refractivity contribution >= 4 is 8.32 Å². The molecule has 1 fully saturated rings. The maximum Gasteiger partial charge on any atom is 0.295 e. The summed E-state index contributed by atoms with van der Waals surface area (Å²) < 4.78 is 18.3. The third-order valence-electron chi connectivity index (χ3n) is 5.26. The van der Waals surface area contributed by atoms with E-state index in [1.807, 2.05) is 18.2 Å². The zero-order valence-corrected chi connectivity index (χ0v) is 18.2. The SMILES string of the molecule is CC1(C)O[C@H]([C@@H](O[N+](=O)[O-])c2ccccc2)[C@@H](CO[Si](C)(C)C(C)(C)C)O1. The van der Waals surface area contributed by atoms with Gasteiger partial charge in [0.2, 0.25) is 0 Å². The van der Waals surface area contributed by atoms with Crippen LogP contribution in [0.15, 0.2) is 30.3 Å². The summed E-state index contributed by atoms with van der Waals surface area (Å²) in [6.45, 7) is 14.7. The highest BCUT2D eigenvalue weighted by Crippen LogP contribution is 2.40. The van der Waals surface area contributed by atoms with Crippen molar-refractivity contribution in [3.05, 3.63) is 46.0 Å². The monoisotopic (exact) mass is 397 g/mol. The molecule has 7 nitrogen and oxygen atoms in total. The molecule has 1 aromatic rings. The van der Waals surface area contributed by atoms with Gasteiger partial charge in [0.15, 0.2) is 20.2 Å². The second-order valence-electron chi connectivity index (χ2n) is 8.87. The second-order valence-corrected chi connectivity index (χ2v) is 13.7. The van der Waals surface area contributed by atoms with E-state index in [9.17, 15) is 10.1 Å². The fraction of sp³-hybridized carbons (Fsp3) is 0.684. The Morgan fingerprint density at radius 2 is 1.81 bits per heavy atom. The predicted molar refractivity (Wildman–Crippen MR) is 104 cm³/mol. The summed E-state index contributed by atoms with van der Waals surface area (Å²) in [5.74, 6) is -0.876. The maximum absolute atomic E-state index is 11.1. The fourth-order valence-electron chi connectivity index (χ4n) is 2.80. The van der Waals surface area contributed by atoms with Gasteiger partial charge in [-0.3, -0.25) is 0 Å². The average Bonchev–Trinajstić information content (AvgIpc) is 2.85. The van der Waals surface area contributed by atoms with Gasteiger partial charge < -0.3 is 18.7 Å². The summed E-state index contributed by atoms with van der Waals surface area (Å²) in [5.41, 5.74) is 0.665. The second kappa shape index (κ2) is 7.87. The molecule has 0 aromatic heterocycles. The Kier molecular flexibility index (Phi) is 6.36. The molecule has 1 aliphatic rings. The molecule has 0 amide bonds. The molecule has 0 radical (unpaired) electrons. The molecule has 27 heavy (non-hydrogen) atoms. The number of nitrogens with zero attached hydrogens (tertiary/aromatic N) is 1. The molecule has 0 aliphatic carbocycles. The highest BCUT2D eigenvalue weighted by atomic mass is 28.4. The molecule has 0 N–H and O–H groups in total. The summed E-state index contributed by atoms with van der Waals surface area (Å²) >= 11 is 0. The van der Waals surface area contributed by atoms with Crippen LogP contribution in [0.3, 0.4) is 0 Å². The van der Waals surface area contributed by atoms with E-state index in [0.717, 1.165) is 0 Å². The van der Waals surface area contributed by atoms with Crippen molar-refractivity contribution in [2.75, 3.05) is 6.61 Å². The van der Waals surface area contributed by atoms with Crippen LogP contribution in [0.5, 0.6) is 0 Å². The van der Waals surface area contributed by atoms with Crippen molar-refractivity contribution in [3.63, 3.8) is 0 Å². The van der Waals surface area contributed by atoms with Gasteiger partial charge in [0.25, 0.3) is 5.09 Å². The summed E-state index contributed by atoms with van der Waals surface area (Å²) in [4.78, 5) is 16.1. The standard InChI is InChI=1S/C19H31NO6Si/c1-18(2,3)27(6,7)23-13-15-17(25-19(4,5)24-15)16(26-20(21)22)14-11-9-8-10-12-14/h8-12,15-17H,13H2,1-7H3/t15-,16+,17+/m1/s1. The molecule has 2 rings (SSSR count). The Morgan fingerprint density at radius 3 is 2.33 bits per heavy atom. The number of hydrogen-bond acceptors (Lipinski definition) is 6. The van der Waals surface area contributed by atoms with Crippen molar-refractivity contribution in [2.45, 2.75) is 76.8 Å². The first-order valence-electron chi connectivity index (χ1n) is 9.18. The van der Waals surface area contributed by atoms with Crippen LogP contribution in [0.1, 0.15) is 46.3 Å². The Bertz CT molecular complexity index is 643. The van der Waals surface area contributed by atoms with Crippen LogP contribution in [0.2, 0.25) is 18.1 Å². The van der Waals surface area contributed by atoms with Gasteiger partial charge in [0.1, 0.15) is 12.2 Å². The first-order valence-corrected chi connectivity index (χ1v) is 12.1. The van der Waals surface area contributed by atoms with Crippen LogP contribution in [0, 0.1) is 10.1 Å². The van der Waals surface area contributed by atoms with E-state index in [4.69, 9.17) is 18.7 Å². The Morgan fingerprint density at radius 1 is 1.22 bits per heavy atom. The lowest BCUT2D eigenvalue weighted by atomic mass is 10.0. The fourth-order valence-corrected chi connectivity index (χ4v) is 3.82. The van der Waals surface area contributed by atoms with Crippen LogP contribution in [0.25, 0.3) is 0 Å². The lowest BCUT2D eigenvalue weighted by molar-refractivity contribution is -0.773. The van der Waals surface area contributed by atoms with Gasteiger partial charge in [-0.1, -0.05) is 51.1 Å². The van der Waals surface area contributed by atoms with Gasteiger partial charge in [-0.15, -0.1) is 10.1 Å². The van der Waals surface area contributed by atoms with Crippen molar-refractivity contribution in [1.82, 2.24) is 0 Å². The van der Waals surface area contributed by atoms with Crippen LogP contribution in [-0.4, -0.2) is 38.0 Å². The Balaban J connectivity index is 2.25. The molecule has 1 aromatic carbocycles. The normalized spacial score (nSPS) is 23.8.